The first-order valence-corrected chi connectivity index (χ1v) is 7.36. The molecule has 126 valence electrons. The lowest BCUT2D eigenvalue weighted by Crippen LogP contribution is -2.47. The summed E-state index contributed by atoms with van der Waals surface area (Å²) in [7, 11) is 0. The Morgan fingerprint density at radius 2 is 1.64 bits per heavy atom. The molecule has 0 amide bonds. The first kappa shape index (κ1) is 18.9. The molecule has 0 atom stereocenters. The average Bonchev–Trinajstić information content (AvgIpc) is 2.43. The molecule has 0 unspecified atom stereocenters. The van der Waals surface area contributed by atoms with E-state index in [1.54, 1.807) is 13.8 Å². The molecule has 6 heteroatoms. The predicted molar refractivity (Wildman–Crippen MR) is 81.6 cm³/mol. The number of hydrogen-bond acceptors (Lipinski definition) is 2. The van der Waals surface area contributed by atoms with Gasteiger partial charge in [0.2, 0.25) is 0 Å². The predicted octanol–water partition coefficient (Wildman–Crippen LogP) is 3.58. The fraction of sp³-hybridized carbons (Fsp3) is 0.625. The van der Waals surface area contributed by atoms with Crippen molar-refractivity contribution in [2.45, 2.75) is 20.0 Å². The summed E-state index contributed by atoms with van der Waals surface area (Å²) in [6, 6.07) is 0. The van der Waals surface area contributed by atoms with Crippen LogP contribution in [0.1, 0.15) is 13.8 Å². The molecule has 0 radical (unpaired) electrons. The molecule has 1 rings (SSSR count). The molecule has 0 bridgehead atoms. The molecule has 2 nitrogen and oxygen atoms in total. The topological polar surface area (TPSA) is 6.48 Å². The quantitative estimate of drug-likeness (QED) is 0.545. The third-order valence-corrected chi connectivity index (χ3v) is 3.59. The molecule has 0 aromatic carbocycles. The summed E-state index contributed by atoms with van der Waals surface area (Å²) in [6.45, 7) is 9.67. The van der Waals surface area contributed by atoms with Crippen LogP contribution in [0.2, 0.25) is 0 Å². The van der Waals surface area contributed by atoms with Gasteiger partial charge in [0.05, 0.1) is 5.57 Å². The minimum atomic E-state index is -4.39. The number of hydrogen-bond donors (Lipinski definition) is 0. The molecule has 1 saturated heterocycles. The molecule has 22 heavy (non-hydrogen) atoms. The van der Waals surface area contributed by atoms with Crippen molar-refractivity contribution in [3.63, 3.8) is 0 Å². The van der Waals surface area contributed by atoms with Gasteiger partial charge in [-0.15, -0.1) is 0 Å². The standard InChI is InChI=1S/C16H24F4N2/c1-4-14(15(11-13(2)3)16(18,19)20)12-22-9-7-21(6-5-17)8-10-22/h4,11H,1,5-10,12H2,2-3H3/b15-14-. The number of piperazine rings is 1. The van der Waals surface area contributed by atoms with Crippen LogP contribution >= 0.6 is 0 Å². The summed E-state index contributed by atoms with van der Waals surface area (Å²) in [5.41, 5.74) is 0.153. The van der Waals surface area contributed by atoms with Crippen LogP contribution in [0.5, 0.6) is 0 Å². The third kappa shape index (κ3) is 5.93. The van der Waals surface area contributed by atoms with E-state index in [0.717, 1.165) is 6.08 Å². The number of alkyl halides is 4. The van der Waals surface area contributed by atoms with Crippen LogP contribution in [-0.4, -0.2) is 61.9 Å². The summed E-state index contributed by atoms with van der Waals surface area (Å²) in [5.74, 6) is 0. The summed E-state index contributed by atoms with van der Waals surface area (Å²) < 4.78 is 51.9. The fourth-order valence-corrected chi connectivity index (χ4v) is 2.44. The van der Waals surface area contributed by atoms with Crippen molar-refractivity contribution in [1.29, 1.82) is 0 Å². The fourth-order valence-electron chi connectivity index (χ4n) is 2.44. The van der Waals surface area contributed by atoms with Gasteiger partial charge in [-0.25, -0.2) is 4.39 Å². The molecule has 1 aliphatic rings. The van der Waals surface area contributed by atoms with Crippen molar-refractivity contribution in [2.75, 3.05) is 45.9 Å². The van der Waals surface area contributed by atoms with Gasteiger partial charge in [0.15, 0.2) is 0 Å². The van der Waals surface area contributed by atoms with E-state index in [1.165, 1.54) is 6.08 Å². The van der Waals surface area contributed by atoms with Gasteiger partial charge in [0, 0.05) is 39.3 Å². The zero-order chi connectivity index (χ0) is 16.8. The number of rotatable bonds is 6. The number of nitrogens with zero attached hydrogens (tertiary/aromatic N) is 2. The Labute approximate surface area is 129 Å². The molecule has 1 fully saturated rings. The minimum Gasteiger partial charge on any atom is -0.298 e. The summed E-state index contributed by atoms with van der Waals surface area (Å²) >= 11 is 0. The lowest BCUT2D eigenvalue weighted by atomic mass is 10.0. The van der Waals surface area contributed by atoms with E-state index in [-0.39, 0.29) is 12.1 Å². The largest absolute Gasteiger partial charge is 0.416 e. The number of allylic oxidation sites excluding steroid dienone is 3. The monoisotopic (exact) mass is 320 g/mol. The van der Waals surface area contributed by atoms with Crippen LogP contribution < -0.4 is 0 Å². The van der Waals surface area contributed by atoms with E-state index in [1.807, 2.05) is 9.80 Å². The SMILES string of the molecule is C=C/C(CN1CCN(CCF)CC1)=C(\C=C(C)C)C(F)(F)F. The highest BCUT2D eigenvalue weighted by molar-refractivity contribution is 5.38. The molecular formula is C16H24F4N2. The van der Waals surface area contributed by atoms with Crippen molar-refractivity contribution in [1.82, 2.24) is 9.80 Å². The first-order valence-electron chi connectivity index (χ1n) is 7.36. The van der Waals surface area contributed by atoms with E-state index in [0.29, 0.717) is 38.3 Å². The van der Waals surface area contributed by atoms with Crippen molar-refractivity contribution in [3.05, 3.63) is 35.5 Å². The lowest BCUT2D eigenvalue weighted by Gasteiger charge is -2.34. The van der Waals surface area contributed by atoms with Crippen molar-refractivity contribution in [3.8, 4) is 0 Å². The Kier molecular flexibility index (Phi) is 7.29. The molecule has 0 spiro atoms. The van der Waals surface area contributed by atoms with E-state index >= 15 is 0 Å². The summed E-state index contributed by atoms with van der Waals surface area (Å²) in [5, 5.41) is 0. The van der Waals surface area contributed by atoms with Gasteiger partial charge in [-0.1, -0.05) is 24.3 Å². The van der Waals surface area contributed by atoms with Gasteiger partial charge in [-0.3, -0.25) is 9.80 Å². The lowest BCUT2D eigenvalue weighted by molar-refractivity contribution is -0.0891. The van der Waals surface area contributed by atoms with Gasteiger partial charge in [-0.05, 0) is 19.4 Å². The Balaban J connectivity index is 2.84. The van der Waals surface area contributed by atoms with E-state index in [4.69, 9.17) is 0 Å². The summed E-state index contributed by atoms with van der Waals surface area (Å²) in [6.07, 6.45) is -1.94. The highest BCUT2D eigenvalue weighted by Gasteiger charge is 2.34. The minimum absolute atomic E-state index is 0.188. The Morgan fingerprint density at radius 1 is 1.09 bits per heavy atom. The smallest absolute Gasteiger partial charge is 0.298 e. The van der Waals surface area contributed by atoms with Gasteiger partial charge < -0.3 is 0 Å². The molecule has 1 aliphatic heterocycles. The van der Waals surface area contributed by atoms with Crippen LogP contribution in [0.25, 0.3) is 0 Å². The second-order valence-corrected chi connectivity index (χ2v) is 5.67. The Bertz CT molecular complexity index is 426. The molecule has 0 aromatic rings. The Hall–Kier alpha value is -1.14. The van der Waals surface area contributed by atoms with E-state index < -0.39 is 18.4 Å². The molecule has 1 heterocycles. The summed E-state index contributed by atoms with van der Waals surface area (Å²) in [4.78, 5) is 3.94. The maximum atomic E-state index is 13.2. The van der Waals surface area contributed by atoms with Crippen molar-refractivity contribution >= 4 is 0 Å². The van der Waals surface area contributed by atoms with Crippen LogP contribution in [0.3, 0.4) is 0 Å². The van der Waals surface area contributed by atoms with E-state index in [9.17, 15) is 17.6 Å². The molecule has 0 aliphatic carbocycles. The zero-order valence-corrected chi connectivity index (χ0v) is 13.2. The number of halogens is 4. The van der Waals surface area contributed by atoms with E-state index in [2.05, 4.69) is 6.58 Å². The highest BCUT2D eigenvalue weighted by atomic mass is 19.4. The average molecular weight is 320 g/mol. The van der Waals surface area contributed by atoms with Crippen LogP contribution in [0.4, 0.5) is 17.6 Å². The maximum Gasteiger partial charge on any atom is 0.416 e. The van der Waals surface area contributed by atoms with Gasteiger partial charge in [-0.2, -0.15) is 13.2 Å². The first-order chi connectivity index (χ1) is 10.3. The van der Waals surface area contributed by atoms with Gasteiger partial charge in [0.25, 0.3) is 0 Å². The molecular weight excluding hydrogens is 296 g/mol. The normalized spacial score (nSPS) is 18.8. The second kappa shape index (κ2) is 8.48. The highest BCUT2D eigenvalue weighted by Crippen LogP contribution is 2.31. The van der Waals surface area contributed by atoms with Crippen LogP contribution in [-0.2, 0) is 0 Å². The van der Waals surface area contributed by atoms with Crippen LogP contribution in [0, 0.1) is 0 Å². The second-order valence-electron chi connectivity index (χ2n) is 5.67. The van der Waals surface area contributed by atoms with Crippen LogP contribution in [0.15, 0.2) is 35.5 Å². The third-order valence-electron chi connectivity index (χ3n) is 3.59. The maximum absolute atomic E-state index is 13.2. The van der Waals surface area contributed by atoms with Gasteiger partial charge in [0.1, 0.15) is 6.67 Å². The van der Waals surface area contributed by atoms with Crippen molar-refractivity contribution in [2.24, 2.45) is 0 Å². The molecule has 0 saturated carbocycles. The molecule has 0 aromatic heterocycles. The Morgan fingerprint density at radius 3 is 2.05 bits per heavy atom. The van der Waals surface area contributed by atoms with Crippen molar-refractivity contribution < 1.29 is 17.6 Å². The zero-order valence-electron chi connectivity index (χ0n) is 13.2. The molecule has 0 N–H and O–H groups in total. The van der Waals surface area contributed by atoms with Gasteiger partial charge >= 0.3 is 6.18 Å².